The van der Waals surface area contributed by atoms with Crippen molar-refractivity contribution in [1.82, 2.24) is 19.5 Å². The molecule has 0 saturated heterocycles. The average molecular weight is 869 g/mol. The molecule has 5 heteroatoms. The van der Waals surface area contributed by atoms with Crippen LogP contribution in [0.5, 0.6) is 0 Å². The predicted octanol–water partition coefficient (Wildman–Crippen LogP) is 16.5. The van der Waals surface area contributed by atoms with Gasteiger partial charge in [-0.3, -0.25) is 0 Å². The maximum atomic E-state index is 6.70. The smallest absolute Gasteiger partial charge is 0.164 e. The fraction of sp³-hybridized carbons (Fsp3) is 0. The maximum absolute atomic E-state index is 6.70. The highest BCUT2D eigenvalue weighted by molar-refractivity contribution is 6.27. The normalized spacial score (nSPS) is 11.5. The van der Waals surface area contributed by atoms with Gasteiger partial charge in [-0.15, -0.1) is 0 Å². The lowest BCUT2D eigenvalue weighted by Gasteiger charge is -2.17. The predicted molar refractivity (Wildman–Crippen MR) is 279 cm³/mol. The molecule has 318 valence electrons. The molecule has 13 rings (SSSR count). The lowest BCUT2D eigenvalue weighted by molar-refractivity contribution is 0.669. The van der Waals surface area contributed by atoms with Crippen molar-refractivity contribution >= 4 is 43.7 Å². The molecule has 10 aromatic carbocycles. The Morgan fingerprint density at radius 1 is 0.279 bits per heavy atom. The summed E-state index contributed by atoms with van der Waals surface area (Å²) in [6, 6.07) is 85.2. The van der Waals surface area contributed by atoms with E-state index in [2.05, 4.69) is 211 Å². The van der Waals surface area contributed by atoms with Crippen molar-refractivity contribution < 1.29 is 4.42 Å². The Bertz CT molecular complexity index is 3940. The van der Waals surface area contributed by atoms with Gasteiger partial charge in [0.05, 0.1) is 11.0 Å². The van der Waals surface area contributed by atoms with Crippen LogP contribution < -0.4 is 0 Å². The molecule has 0 N–H and O–H groups in total. The van der Waals surface area contributed by atoms with Gasteiger partial charge in [0.1, 0.15) is 11.2 Å². The SMILES string of the molecule is c1ccc(-c2ccc(-c3ccccc3)c(-c3ccc(-c4ccc5oc6ccc7c(c8ccccc8n7-c7ccccc7)c6c5c4)c(-c4nc(-c5ccccc5)nc(-c5ccccc5)n4)c3)c2)cc1. The number of furan rings is 1. The molecule has 0 fully saturated rings. The number of hydrogen-bond acceptors (Lipinski definition) is 4. The molecule has 0 aliphatic carbocycles. The van der Waals surface area contributed by atoms with Gasteiger partial charge >= 0.3 is 0 Å². The van der Waals surface area contributed by atoms with Crippen LogP contribution in [0, 0.1) is 0 Å². The Morgan fingerprint density at radius 3 is 1.46 bits per heavy atom. The lowest BCUT2D eigenvalue weighted by atomic mass is 9.88. The van der Waals surface area contributed by atoms with Gasteiger partial charge in [-0.25, -0.2) is 15.0 Å². The van der Waals surface area contributed by atoms with Gasteiger partial charge in [0.25, 0.3) is 0 Å². The zero-order valence-corrected chi connectivity index (χ0v) is 36.8. The average Bonchev–Trinajstić information content (AvgIpc) is 3.97. The highest BCUT2D eigenvalue weighted by Crippen LogP contribution is 2.45. The van der Waals surface area contributed by atoms with Gasteiger partial charge in [0.2, 0.25) is 0 Å². The number of hydrogen-bond donors (Lipinski definition) is 0. The van der Waals surface area contributed by atoms with E-state index in [9.17, 15) is 0 Å². The number of fused-ring (bicyclic) bond motifs is 7. The first-order valence-corrected chi connectivity index (χ1v) is 22.9. The molecule has 5 nitrogen and oxygen atoms in total. The summed E-state index contributed by atoms with van der Waals surface area (Å²) in [7, 11) is 0. The van der Waals surface area contributed by atoms with E-state index in [-0.39, 0.29) is 0 Å². The summed E-state index contributed by atoms with van der Waals surface area (Å²) in [6.07, 6.45) is 0. The van der Waals surface area contributed by atoms with E-state index in [0.29, 0.717) is 17.5 Å². The molecule has 0 radical (unpaired) electrons. The fourth-order valence-corrected chi connectivity index (χ4v) is 9.89. The fourth-order valence-electron chi connectivity index (χ4n) is 9.89. The first kappa shape index (κ1) is 39.2. The van der Waals surface area contributed by atoms with Crippen molar-refractivity contribution in [3.63, 3.8) is 0 Å². The van der Waals surface area contributed by atoms with Crippen LogP contribution in [0.15, 0.2) is 247 Å². The lowest BCUT2D eigenvalue weighted by Crippen LogP contribution is -2.01. The molecule has 0 saturated carbocycles. The summed E-state index contributed by atoms with van der Waals surface area (Å²) in [6.45, 7) is 0. The van der Waals surface area contributed by atoms with E-state index in [0.717, 1.165) is 105 Å². The van der Waals surface area contributed by atoms with Crippen molar-refractivity contribution in [3.05, 3.63) is 243 Å². The number of benzene rings is 10. The van der Waals surface area contributed by atoms with Crippen molar-refractivity contribution in [1.29, 1.82) is 0 Å². The van der Waals surface area contributed by atoms with Crippen LogP contribution in [0.25, 0.3) is 128 Å². The van der Waals surface area contributed by atoms with Gasteiger partial charge in [0, 0.05) is 43.9 Å². The first-order chi connectivity index (χ1) is 33.7. The highest BCUT2D eigenvalue weighted by Gasteiger charge is 2.22. The molecule has 0 aliphatic rings. The van der Waals surface area contributed by atoms with E-state index in [1.54, 1.807) is 0 Å². The zero-order valence-electron chi connectivity index (χ0n) is 36.8. The molecule has 3 aromatic heterocycles. The van der Waals surface area contributed by atoms with Gasteiger partial charge in [-0.1, -0.05) is 188 Å². The van der Waals surface area contributed by atoms with Crippen LogP contribution in [0.3, 0.4) is 0 Å². The van der Waals surface area contributed by atoms with Gasteiger partial charge in [-0.05, 0) is 99.1 Å². The van der Waals surface area contributed by atoms with Crippen molar-refractivity contribution in [3.8, 4) is 84.4 Å². The quantitative estimate of drug-likeness (QED) is 0.153. The van der Waals surface area contributed by atoms with Crippen molar-refractivity contribution in [2.45, 2.75) is 0 Å². The van der Waals surface area contributed by atoms with Crippen molar-refractivity contribution in [2.75, 3.05) is 0 Å². The molecule has 13 aromatic rings. The van der Waals surface area contributed by atoms with Gasteiger partial charge in [0.15, 0.2) is 17.5 Å². The Hall–Kier alpha value is -9.19. The van der Waals surface area contributed by atoms with Crippen LogP contribution in [-0.4, -0.2) is 19.5 Å². The minimum absolute atomic E-state index is 0.584. The van der Waals surface area contributed by atoms with Crippen LogP contribution in [0.2, 0.25) is 0 Å². The van der Waals surface area contributed by atoms with E-state index in [4.69, 9.17) is 19.4 Å². The van der Waals surface area contributed by atoms with E-state index in [1.807, 2.05) is 36.4 Å². The number of aromatic nitrogens is 4. The molecule has 0 bridgehead atoms. The summed E-state index contributed by atoms with van der Waals surface area (Å²) in [5, 5.41) is 4.47. The zero-order chi connectivity index (χ0) is 45.0. The summed E-state index contributed by atoms with van der Waals surface area (Å²) >= 11 is 0. The molecule has 3 heterocycles. The van der Waals surface area contributed by atoms with Crippen molar-refractivity contribution in [2.24, 2.45) is 0 Å². The molecule has 0 atom stereocenters. The number of para-hydroxylation sites is 2. The Morgan fingerprint density at radius 2 is 0.779 bits per heavy atom. The summed E-state index contributed by atoms with van der Waals surface area (Å²) in [5.41, 5.74) is 16.5. The first-order valence-electron chi connectivity index (χ1n) is 22.9. The Balaban J connectivity index is 1.08. The van der Waals surface area contributed by atoms with Crippen LogP contribution in [0.1, 0.15) is 0 Å². The van der Waals surface area contributed by atoms with E-state index < -0.39 is 0 Å². The summed E-state index contributed by atoms with van der Waals surface area (Å²) < 4.78 is 9.05. The Labute approximate surface area is 392 Å². The third-order valence-electron chi connectivity index (χ3n) is 13.1. The maximum Gasteiger partial charge on any atom is 0.164 e. The summed E-state index contributed by atoms with van der Waals surface area (Å²) in [5.74, 6) is 1.80. The number of rotatable bonds is 8. The van der Waals surface area contributed by atoms with E-state index in [1.165, 1.54) is 5.39 Å². The van der Waals surface area contributed by atoms with Crippen LogP contribution in [-0.2, 0) is 0 Å². The minimum atomic E-state index is 0.584. The van der Waals surface area contributed by atoms with Gasteiger partial charge < -0.3 is 8.98 Å². The number of nitrogens with zero attached hydrogens (tertiary/aromatic N) is 4. The monoisotopic (exact) mass is 868 g/mol. The van der Waals surface area contributed by atoms with Gasteiger partial charge in [-0.2, -0.15) is 0 Å². The summed E-state index contributed by atoms with van der Waals surface area (Å²) in [4.78, 5) is 15.8. The molecular formula is C63H40N4O. The third-order valence-corrected chi connectivity index (χ3v) is 13.1. The topological polar surface area (TPSA) is 56.7 Å². The highest BCUT2D eigenvalue weighted by atomic mass is 16.3. The Kier molecular flexibility index (Phi) is 9.43. The molecule has 0 aliphatic heterocycles. The second kappa shape index (κ2) is 16.4. The second-order valence-corrected chi connectivity index (χ2v) is 17.1. The van der Waals surface area contributed by atoms with Crippen LogP contribution >= 0.6 is 0 Å². The standard InChI is InChI=1S/C63H40N4O/c1-6-18-41(19-7-1)45-30-33-49(42-20-8-2-9-21-42)52(38-45)47-31-34-50(53(39-47)63-65-61(43-22-10-3-11-23-43)64-62(66-63)44-24-12-4-13-25-44)46-32-36-57-54(40-46)60-58(68-57)37-35-56-59(60)51-28-16-17-29-55(51)67(56)48-26-14-5-15-27-48/h1-40H. The van der Waals surface area contributed by atoms with E-state index >= 15 is 0 Å². The molecule has 0 amide bonds. The minimum Gasteiger partial charge on any atom is -0.456 e. The molecule has 0 unspecified atom stereocenters. The largest absolute Gasteiger partial charge is 0.456 e. The second-order valence-electron chi connectivity index (χ2n) is 17.1. The third kappa shape index (κ3) is 6.76. The molecular weight excluding hydrogens is 829 g/mol. The molecule has 0 spiro atoms. The van der Waals surface area contributed by atoms with Crippen LogP contribution in [0.4, 0.5) is 0 Å². The molecule has 68 heavy (non-hydrogen) atoms.